The molecule has 0 radical (unpaired) electrons. The Morgan fingerprint density at radius 1 is 0.923 bits per heavy atom. The summed E-state index contributed by atoms with van der Waals surface area (Å²) in [4.78, 5) is 53.1. The molecule has 0 heterocycles. The van der Waals surface area contributed by atoms with Crippen LogP contribution in [0.2, 0.25) is 0 Å². The molecule has 2 aromatic carbocycles. The van der Waals surface area contributed by atoms with E-state index in [1.54, 1.807) is 36.4 Å². The highest BCUT2D eigenvalue weighted by atomic mass is 16.3. The van der Waals surface area contributed by atoms with Crippen molar-refractivity contribution in [3.05, 3.63) is 65.2 Å². The summed E-state index contributed by atoms with van der Waals surface area (Å²) in [7, 11) is 3.08. The van der Waals surface area contributed by atoms with Gasteiger partial charge in [-0.25, -0.2) is 0 Å². The minimum atomic E-state index is -1.14. The Morgan fingerprint density at radius 2 is 1.56 bits per heavy atom. The van der Waals surface area contributed by atoms with E-state index in [4.69, 9.17) is 16.9 Å². The van der Waals surface area contributed by atoms with Gasteiger partial charge in [0.2, 0.25) is 23.6 Å². The summed E-state index contributed by atoms with van der Waals surface area (Å²) in [5, 5.41) is 22.5. The van der Waals surface area contributed by atoms with E-state index in [1.807, 2.05) is 6.92 Å². The highest BCUT2D eigenvalue weighted by molar-refractivity contribution is 6.02. The maximum Gasteiger partial charge on any atom is 0.243 e. The fourth-order valence-electron chi connectivity index (χ4n) is 4.02. The Balaban J connectivity index is 2.24. The molecule has 0 spiro atoms. The summed E-state index contributed by atoms with van der Waals surface area (Å²) >= 11 is 0. The van der Waals surface area contributed by atoms with Crippen molar-refractivity contribution in [3.63, 3.8) is 0 Å². The first kappa shape index (κ1) is 30.8. The third kappa shape index (κ3) is 9.44. The van der Waals surface area contributed by atoms with Crippen molar-refractivity contribution >= 4 is 29.5 Å². The average molecular weight is 539 g/mol. The van der Waals surface area contributed by atoms with Crippen molar-refractivity contribution in [2.24, 2.45) is 17.4 Å². The SMILES string of the molecule is CCCC[C@H](NC(=O)C(Cc1cccc(C(=N)N)c1)C(=O)N(C)C)C(=O)N[C@@H](Cc1ccc(O)cc1)C(N)=O. The number of carbonyl (C=O) groups is 4. The number of aromatic hydroxyl groups is 1. The van der Waals surface area contributed by atoms with E-state index in [1.165, 1.54) is 31.1 Å². The number of hydrogen-bond donors (Lipinski definition) is 6. The molecule has 0 aliphatic rings. The number of benzene rings is 2. The molecule has 4 amide bonds. The molecule has 2 aromatic rings. The van der Waals surface area contributed by atoms with Crippen molar-refractivity contribution in [3.8, 4) is 5.75 Å². The number of unbranched alkanes of at least 4 members (excludes halogenated alkanes) is 1. The molecule has 0 fully saturated rings. The molecule has 39 heavy (non-hydrogen) atoms. The molecule has 0 saturated carbocycles. The fourth-order valence-corrected chi connectivity index (χ4v) is 4.02. The van der Waals surface area contributed by atoms with Gasteiger partial charge in [0.05, 0.1) is 0 Å². The Bertz CT molecular complexity index is 1180. The lowest BCUT2D eigenvalue weighted by Crippen LogP contribution is -2.55. The Labute approximate surface area is 228 Å². The third-order valence-electron chi connectivity index (χ3n) is 6.25. The van der Waals surface area contributed by atoms with Gasteiger partial charge in [0.15, 0.2) is 0 Å². The molecule has 210 valence electrons. The van der Waals surface area contributed by atoms with Crippen LogP contribution in [0.5, 0.6) is 5.75 Å². The highest BCUT2D eigenvalue weighted by Crippen LogP contribution is 2.15. The average Bonchev–Trinajstić information content (AvgIpc) is 2.89. The first-order valence-corrected chi connectivity index (χ1v) is 12.7. The first-order chi connectivity index (χ1) is 18.4. The Kier molecular flexibility index (Phi) is 11.5. The summed E-state index contributed by atoms with van der Waals surface area (Å²) < 4.78 is 0. The number of amides is 4. The van der Waals surface area contributed by atoms with Crippen LogP contribution in [0, 0.1) is 11.3 Å². The fraction of sp³-hybridized carbons (Fsp3) is 0.393. The minimum Gasteiger partial charge on any atom is -0.508 e. The molecule has 0 bridgehead atoms. The molecule has 0 aliphatic carbocycles. The normalized spacial score (nSPS) is 13.0. The zero-order chi connectivity index (χ0) is 29.1. The molecular formula is C28H38N6O5. The first-order valence-electron chi connectivity index (χ1n) is 12.7. The molecule has 11 nitrogen and oxygen atoms in total. The van der Waals surface area contributed by atoms with Crippen molar-refractivity contribution in [2.45, 2.75) is 51.1 Å². The number of nitrogens with two attached hydrogens (primary N) is 2. The van der Waals surface area contributed by atoms with Gasteiger partial charge >= 0.3 is 0 Å². The van der Waals surface area contributed by atoms with Crippen molar-refractivity contribution in [1.82, 2.24) is 15.5 Å². The van der Waals surface area contributed by atoms with E-state index in [0.717, 1.165) is 6.42 Å². The molecule has 0 aliphatic heterocycles. The molecule has 3 atom stereocenters. The Hall–Kier alpha value is -4.41. The number of hydrogen-bond acceptors (Lipinski definition) is 6. The van der Waals surface area contributed by atoms with Gasteiger partial charge in [-0.2, -0.15) is 0 Å². The summed E-state index contributed by atoms with van der Waals surface area (Å²) in [5.41, 5.74) is 12.9. The van der Waals surface area contributed by atoms with E-state index in [2.05, 4.69) is 10.6 Å². The maximum absolute atomic E-state index is 13.4. The maximum atomic E-state index is 13.4. The van der Waals surface area contributed by atoms with Crippen LogP contribution in [-0.4, -0.2) is 65.6 Å². The van der Waals surface area contributed by atoms with E-state index in [9.17, 15) is 24.3 Å². The van der Waals surface area contributed by atoms with Gasteiger partial charge in [0.1, 0.15) is 29.6 Å². The predicted molar refractivity (Wildman–Crippen MR) is 148 cm³/mol. The molecular weight excluding hydrogens is 500 g/mol. The van der Waals surface area contributed by atoms with E-state index < -0.39 is 41.6 Å². The summed E-state index contributed by atoms with van der Waals surface area (Å²) in [6.45, 7) is 1.94. The van der Waals surface area contributed by atoms with Gasteiger partial charge in [-0.05, 0) is 42.2 Å². The van der Waals surface area contributed by atoms with Crippen molar-refractivity contribution in [2.75, 3.05) is 14.1 Å². The number of carbonyl (C=O) groups excluding carboxylic acids is 4. The van der Waals surface area contributed by atoms with Crippen LogP contribution < -0.4 is 22.1 Å². The molecule has 8 N–H and O–H groups in total. The van der Waals surface area contributed by atoms with Gasteiger partial charge in [-0.15, -0.1) is 0 Å². The number of amidine groups is 1. The van der Waals surface area contributed by atoms with Crippen LogP contribution in [0.3, 0.4) is 0 Å². The second-order valence-corrected chi connectivity index (χ2v) is 9.64. The monoisotopic (exact) mass is 538 g/mol. The topological polar surface area (TPSA) is 192 Å². The van der Waals surface area contributed by atoms with Gasteiger partial charge in [-0.3, -0.25) is 24.6 Å². The molecule has 0 aromatic heterocycles. The number of nitrogens with one attached hydrogen (secondary N) is 3. The molecule has 11 heteroatoms. The third-order valence-corrected chi connectivity index (χ3v) is 6.25. The predicted octanol–water partition coefficient (Wildman–Crippen LogP) is 0.811. The number of phenolic OH excluding ortho intramolecular Hbond substituents is 1. The number of primary amides is 1. The van der Waals surface area contributed by atoms with E-state index >= 15 is 0 Å². The van der Waals surface area contributed by atoms with E-state index in [0.29, 0.717) is 29.5 Å². The van der Waals surface area contributed by atoms with Gasteiger partial charge in [0, 0.05) is 26.1 Å². The van der Waals surface area contributed by atoms with Crippen molar-refractivity contribution < 1.29 is 24.3 Å². The van der Waals surface area contributed by atoms with Crippen LogP contribution in [0.1, 0.15) is 42.9 Å². The summed E-state index contributed by atoms with van der Waals surface area (Å²) in [5.74, 6) is -3.62. The minimum absolute atomic E-state index is 0.0385. The lowest BCUT2D eigenvalue weighted by atomic mass is 9.95. The van der Waals surface area contributed by atoms with Crippen LogP contribution in [0.25, 0.3) is 0 Å². The van der Waals surface area contributed by atoms with Crippen LogP contribution in [-0.2, 0) is 32.0 Å². The largest absolute Gasteiger partial charge is 0.508 e. The molecule has 0 saturated heterocycles. The second-order valence-electron chi connectivity index (χ2n) is 9.64. The van der Waals surface area contributed by atoms with E-state index in [-0.39, 0.29) is 24.4 Å². The molecule has 1 unspecified atom stereocenters. The standard InChI is InChI=1S/C28H38N6O5/c1-4-5-9-22(27(38)33-23(25(31)36)16-17-10-12-20(35)13-11-17)32-26(37)21(28(39)34(2)3)15-18-7-6-8-19(14-18)24(29)30/h6-8,10-14,21-23,35H,4-5,9,15-16H2,1-3H3,(H3,29,30)(H2,31,36)(H,32,37)(H,33,38)/t21?,22-,23-/m0/s1. The van der Waals surface area contributed by atoms with Crippen LogP contribution in [0.4, 0.5) is 0 Å². The number of nitrogen functional groups attached to an aromatic ring is 1. The van der Waals surface area contributed by atoms with Crippen molar-refractivity contribution in [1.29, 1.82) is 5.41 Å². The van der Waals surface area contributed by atoms with Gasteiger partial charge in [0.25, 0.3) is 0 Å². The number of nitrogens with zero attached hydrogens (tertiary/aromatic N) is 1. The summed E-state index contributed by atoms with van der Waals surface area (Å²) in [6, 6.07) is 10.9. The zero-order valence-electron chi connectivity index (χ0n) is 22.6. The zero-order valence-corrected chi connectivity index (χ0v) is 22.6. The van der Waals surface area contributed by atoms with Crippen LogP contribution in [0.15, 0.2) is 48.5 Å². The van der Waals surface area contributed by atoms with Gasteiger partial charge < -0.3 is 32.1 Å². The Morgan fingerprint density at radius 3 is 2.13 bits per heavy atom. The quantitative estimate of drug-likeness (QED) is 0.117. The van der Waals surface area contributed by atoms with Crippen LogP contribution >= 0.6 is 0 Å². The number of phenols is 1. The second kappa shape index (κ2) is 14.5. The van der Waals surface area contributed by atoms with Gasteiger partial charge in [-0.1, -0.05) is 50.1 Å². The lowest BCUT2D eigenvalue weighted by molar-refractivity contribution is -0.142. The highest BCUT2D eigenvalue weighted by Gasteiger charge is 2.32. The summed E-state index contributed by atoms with van der Waals surface area (Å²) in [6.07, 6.45) is 1.80. The lowest BCUT2D eigenvalue weighted by Gasteiger charge is -2.25. The smallest absolute Gasteiger partial charge is 0.243 e. The number of rotatable bonds is 14. The molecule has 2 rings (SSSR count).